The Bertz CT molecular complexity index is 375. The van der Waals surface area contributed by atoms with Gasteiger partial charge in [-0.15, -0.1) is 10.2 Å². The van der Waals surface area contributed by atoms with Gasteiger partial charge < -0.3 is 10.7 Å². The first kappa shape index (κ1) is 13.8. The third-order valence-corrected chi connectivity index (χ3v) is 3.42. The van der Waals surface area contributed by atoms with Crippen LogP contribution < -0.4 is 5.84 Å². The normalized spacial score (nSPS) is 10.5. The molecule has 1 rings (SSSR count). The van der Waals surface area contributed by atoms with Gasteiger partial charge in [-0.2, -0.15) is 0 Å². The summed E-state index contributed by atoms with van der Waals surface area (Å²) in [5.41, 5.74) is 0. The lowest BCUT2D eigenvalue weighted by Gasteiger charge is -2.17. The van der Waals surface area contributed by atoms with E-state index in [0.29, 0.717) is 10.9 Å². The molecule has 0 bridgehead atoms. The van der Waals surface area contributed by atoms with E-state index in [9.17, 15) is 4.79 Å². The Morgan fingerprint density at radius 3 is 2.47 bits per heavy atom. The van der Waals surface area contributed by atoms with Crippen LogP contribution in [0, 0.1) is 0 Å². The van der Waals surface area contributed by atoms with Gasteiger partial charge in [0.25, 0.3) is 0 Å². The maximum absolute atomic E-state index is 11.8. The molecule has 0 aromatic carbocycles. The lowest BCUT2D eigenvalue weighted by Crippen LogP contribution is -2.32. The van der Waals surface area contributed by atoms with Crippen molar-refractivity contribution in [1.29, 1.82) is 0 Å². The number of aryl methyl sites for hydroxylation is 1. The molecular weight excluding hydrogens is 238 g/mol. The van der Waals surface area contributed by atoms with Crippen molar-refractivity contribution >= 4 is 17.7 Å². The average molecular weight is 257 g/mol. The smallest absolute Gasteiger partial charge is 0.233 e. The van der Waals surface area contributed by atoms with Crippen LogP contribution in [0.15, 0.2) is 5.16 Å². The van der Waals surface area contributed by atoms with Gasteiger partial charge in [-0.3, -0.25) is 4.79 Å². The van der Waals surface area contributed by atoms with Crippen molar-refractivity contribution in [3.05, 3.63) is 5.82 Å². The molecular formula is C10H19N5OS. The Labute approximate surface area is 106 Å². The van der Waals surface area contributed by atoms with Gasteiger partial charge in [-0.05, 0) is 13.8 Å². The highest BCUT2D eigenvalue weighted by molar-refractivity contribution is 7.99. The molecule has 0 aliphatic rings. The highest BCUT2D eigenvalue weighted by Gasteiger charge is 2.13. The van der Waals surface area contributed by atoms with Crippen LogP contribution >= 0.6 is 11.8 Å². The molecule has 1 aromatic heterocycles. The Morgan fingerprint density at radius 1 is 1.35 bits per heavy atom. The topological polar surface area (TPSA) is 77.0 Å². The predicted molar refractivity (Wildman–Crippen MR) is 68.2 cm³/mol. The zero-order chi connectivity index (χ0) is 12.8. The van der Waals surface area contributed by atoms with E-state index in [0.717, 1.165) is 25.3 Å². The van der Waals surface area contributed by atoms with Crippen LogP contribution in [-0.4, -0.2) is 44.5 Å². The number of rotatable bonds is 6. The molecule has 6 nitrogen and oxygen atoms in total. The SMILES string of the molecule is CCc1nnc(SCC(=O)N(CC)CC)n1N. The summed E-state index contributed by atoms with van der Waals surface area (Å²) in [6, 6.07) is 0. The van der Waals surface area contributed by atoms with E-state index in [-0.39, 0.29) is 5.91 Å². The summed E-state index contributed by atoms with van der Waals surface area (Å²) in [6.45, 7) is 7.35. The number of amides is 1. The summed E-state index contributed by atoms with van der Waals surface area (Å²) in [7, 11) is 0. The quantitative estimate of drug-likeness (QED) is 0.593. The Morgan fingerprint density at radius 2 is 2.00 bits per heavy atom. The van der Waals surface area contributed by atoms with Gasteiger partial charge >= 0.3 is 0 Å². The van der Waals surface area contributed by atoms with Gasteiger partial charge in [0.05, 0.1) is 5.75 Å². The van der Waals surface area contributed by atoms with Gasteiger partial charge in [0.15, 0.2) is 5.82 Å². The third-order valence-electron chi connectivity index (χ3n) is 2.49. The highest BCUT2D eigenvalue weighted by atomic mass is 32.2. The fourth-order valence-electron chi connectivity index (χ4n) is 1.44. The molecule has 0 saturated heterocycles. The summed E-state index contributed by atoms with van der Waals surface area (Å²) in [5.74, 6) is 6.96. The van der Waals surface area contributed by atoms with Crippen LogP contribution in [0.3, 0.4) is 0 Å². The summed E-state index contributed by atoms with van der Waals surface area (Å²) in [5, 5.41) is 8.47. The molecule has 1 aromatic rings. The minimum atomic E-state index is 0.0982. The van der Waals surface area contributed by atoms with Crippen LogP contribution in [0.2, 0.25) is 0 Å². The number of thioether (sulfide) groups is 1. The molecule has 0 saturated carbocycles. The van der Waals surface area contributed by atoms with Gasteiger partial charge in [0.2, 0.25) is 11.1 Å². The van der Waals surface area contributed by atoms with E-state index >= 15 is 0 Å². The van der Waals surface area contributed by atoms with Crippen molar-refractivity contribution in [2.45, 2.75) is 32.3 Å². The lowest BCUT2D eigenvalue weighted by atomic mass is 10.5. The maximum atomic E-state index is 11.8. The minimum Gasteiger partial charge on any atom is -0.343 e. The molecule has 96 valence electrons. The molecule has 0 radical (unpaired) electrons. The summed E-state index contributed by atoms with van der Waals surface area (Å²) >= 11 is 1.32. The second-order valence-corrected chi connectivity index (χ2v) is 4.42. The molecule has 0 aliphatic carbocycles. The van der Waals surface area contributed by atoms with E-state index < -0.39 is 0 Å². The third kappa shape index (κ3) is 3.36. The van der Waals surface area contributed by atoms with Crippen molar-refractivity contribution < 1.29 is 4.79 Å². The van der Waals surface area contributed by atoms with E-state index in [1.165, 1.54) is 16.4 Å². The number of carbonyl (C=O) groups excluding carboxylic acids is 1. The molecule has 1 amide bonds. The zero-order valence-corrected chi connectivity index (χ0v) is 11.3. The number of hydrogen-bond acceptors (Lipinski definition) is 5. The molecule has 0 aliphatic heterocycles. The highest BCUT2D eigenvalue weighted by Crippen LogP contribution is 2.15. The fraction of sp³-hybridized carbons (Fsp3) is 0.700. The molecule has 0 atom stereocenters. The number of carbonyl (C=O) groups is 1. The number of nitrogens with two attached hydrogens (primary N) is 1. The van der Waals surface area contributed by atoms with Gasteiger partial charge in [0, 0.05) is 19.5 Å². The van der Waals surface area contributed by atoms with Crippen molar-refractivity contribution in [3.8, 4) is 0 Å². The second-order valence-electron chi connectivity index (χ2n) is 3.48. The van der Waals surface area contributed by atoms with Crippen molar-refractivity contribution in [1.82, 2.24) is 19.8 Å². The van der Waals surface area contributed by atoms with Crippen LogP contribution in [0.1, 0.15) is 26.6 Å². The molecule has 0 fully saturated rings. The van der Waals surface area contributed by atoms with Crippen LogP contribution in [0.4, 0.5) is 0 Å². The largest absolute Gasteiger partial charge is 0.343 e. The predicted octanol–water partition coefficient (Wildman–Crippen LogP) is 0.515. The fourth-order valence-corrected chi connectivity index (χ4v) is 2.22. The molecule has 7 heteroatoms. The summed E-state index contributed by atoms with van der Waals surface area (Å²) in [4.78, 5) is 13.6. The number of aromatic nitrogens is 3. The molecule has 1 heterocycles. The van der Waals surface area contributed by atoms with Crippen LogP contribution in [0.5, 0.6) is 0 Å². The first-order valence-corrected chi connectivity index (χ1v) is 6.72. The van der Waals surface area contributed by atoms with E-state index in [1.54, 1.807) is 4.90 Å². The maximum Gasteiger partial charge on any atom is 0.233 e. The first-order valence-electron chi connectivity index (χ1n) is 5.73. The van der Waals surface area contributed by atoms with Gasteiger partial charge in [-0.1, -0.05) is 18.7 Å². The van der Waals surface area contributed by atoms with Crippen LogP contribution in [-0.2, 0) is 11.2 Å². The first-order chi connectivity index (χ1) is 8.13. The van der Waals surface area contributed by atoms with Gasteiger partial charge in [-0.25, -0.2) is 4.68 Å². The molecule has 0 spiro atoms. The Kier molecular flexibility index (Phi) is 5.27. The standard InChI is InChI=1S/C10H19N5OS/c1-4-8-12-13-10(15(8)11)17-7-9(16)14(5-2)6-3/h4-7,11H2,1-3H3. The van der Waals surface area contributed by atoms with E-state index in [2.05, 4.69) is 10.2 Å². The number of hydrogen-bond donors (Lipinski definition) is 1. The van der Waals surface area contributed by atoms with Crippen molar-refractivity contribution in [3.63, 3.8) is 0 Å². The monoisotopic (exact) mass is 257 g/mol. The summed E-state index contributed by atoms with van der Waals surface area (Å²) < 4.78 is 1.44. The second kappa shape index (κ2) is 6.48. The van der Waals surface area contributed by atoms with Crippen molar-refractivity contribution in [2.24, 2.45) is 0 Å². The molecule has 17 heavy (non-hydrogen) atoms. The lowest BCUT2D eigenvalue weighted by molar-refractivity contribution is -0.127. The summed E-state index contributed by atoms with van der Waals surface area (Å²) in [6.07, 6.45) is 0.730. The average Bonchev–Trinajstić information content (AvgIpc) is 2.69. The zero-order valence-electron chi connectivity index (χ0n) is 10.5. The molecule has 2 N–H and O–H groups in total. The van der Waals surface area contributed by atoms with E-state index in [4.69, 9.17) is 5.84 Å². The van der Waals surface area contributed by atoms with Crippen LogP contribution in [0.25, 0.3) is 0 Å². The Balaban J connectivity index is 2.55. The Hall–Kier alpha value is -1.24. The number of nitrogens with zero attached hydrogens (tertiary/aromatic N) is 4. The minimum absolute atomic E-state index is 0.0982. The van der Waals surface area contributed by atoms with Gasteiger partial charge in [0.1, 0.15) is 0 Å². The molecule has 0 unspecified atom stereocenters. The number of nitrogen functional groups attached to an aromatic ring is 1. The van der Waals surface area contributed by atoms with E-state index in [1.807, 2.05) is 20.8 Å². The van der Waals surface area contributed by atoms with Crippen molar-refractivity contribution in [2.75, 3.05) is 24.7 Å².